The summed E-state index contributed by atoms with van der Waals surface area (Å²) in [5, 5.41) is 13.1. The summed E-state index contributed by atoms with van der Waals surface area (Å²) in [6.45, 7) is 7.96. The van der Waals surface area contributed by atoms with Gasteiger partial charge >= 0.3 is 0 Å². The molecule has 1 saturated heterocycles. The van der Waals surface area contributed by atoms with E-state index < -0.39 is 0 Å². The molecule has 1 aromatic heterocycles. The molecule has 2 rings (SSSR count). The molecule has 100 valence electrons. The van der Waals surface area contributed by atoms with Crippen LogP contribution in [0.25, 0.3) is 0 Å². The number of aromatic amines is 1. The molecule has 1 fully saturated rings. The first-order valence-electron chi connectivity index (χ1n) is 6.46. The van der Waals surface area contributed by atoms with Gasteiger partial charge in [0.15, 0.2) is 0 Å². The van der Waals surface area contributed by atoms with E-state index in [2.05, 4.69) is 32.7 Å². The number of nitrogens with one attached hydrogen (secondary N) is 3. The van der Waals surface area contributed by atoms with Crippen molar-refractivity contribution in [2.24, 2.45) is 0 Å². The summed E-state index contributed by atoms with van der Waals surface area (Å²) >= 11 is 0. The van der Waals surface area contributed by atoms with Gasteiger partial charge in [-0.15, -0.1) is 5.10 Å². The molecule has 0 aliphatic carbocycles. The van der Waals surface area contributed by atoms with Crippen molar-refractivity contribution in [3.63, 3.8) is 0 Å². The number of hydrogen-bond donors (Lipinski definition) is 3. The molecule has 6 heteroatoms. The lowest BCUT2D eigenvalue weighted by Gasteiger charge is -2.34. The molecule has 0 atom stereocenters. The summed E-state index contributed by atoms with van der Waals surface area (Å²) in [5.74, 6) is 1.03. The minimum Gasteiger partial charge on any atom is -0.344 e. The van der Waals surface area contributed by atoms with Gasteiger partial charge in [-0.05, 0) is 32.9 Å². The highest BCUT2D eigenvalue weighted by Gasteiger charge is 2.29. The SMILES string of the molecule is CC(C)c1nc(C(=O)NC2(C)CCNCC2)n[nH]1. The molecular formula is C12H21N5O. The molecule has 1 aromatic rings. The summed E-state index contributed by atoms with van der Waals surface area (Å²) in [6, 6.07) is 0. The number of H-pyrrole nitrogens is 1. The molecule has 18 heavy (non-hydrogen) atoms. The Labute approximate surface area is 107 Å². The van der Waals surface area contributed by atoms with Gasteiger partial charge in [-0.3, -0.25) is 9.89 Å². The smallest absolute Gasteiger partial charge is 0.291 e. The van der Waals surface area contributed by atoms with Crippen molar-refractivity contribution in [3.8, 4) is 0 Å². The van der Waals surface area contributed by atoms with Gasteiger partial charge in [0.1, 0.15) is 5.82 Å². The number of aromatic nitrogens is 3. The second-order valence-corrected chi connectivity index (χ2v) is 5.46. The maximum atomic E-state index is 12.1. The van der Waals surface area contributed by atoms with E-state index in [-0.39, 0.29) is 23.2 Å². The number of amides is 1. The summed E-state index contributed by atoms with van der Waals surface area (Å²) in [6.07, 6.45) is 1.86. The maximum Gasteiger partial charge on any atom is 0.291 e. The predicted octanol–water partition coefficient (Wildman–Crippen LogP) is 0.800. The molecule has 0 saturated carbocycles. The Morgan fingerprint density at radius 3 is 2.61 bits per heavy atom. The zero-order valence-corrected chi connectivity index (χ0v) is 11.2. The van der Waals surface area contributed by atoms with E-state index >= 15 is 0 Å². The van der Waals surface area contributed by atoms with Crippen LogP contribution in [0.3, 0.4) is 0 Å². The van der Waals surface area contributed by atoms with Crippen LogP contribution in [-0.2, 0) is 0 Å². The Kier molecular flexibility index (Phi) is 3.65. The average Bonchev–Trinajstić information content (AvgIpc) is 2.78. The average molecular weight is 251 g/mol. The third-order valence-electron chi connectivity index (χ3n) is 3.38. The van der Waals surface area contributed by atoms with Crippen LogP contribution < -0.4 is 10.6 Å². The second kappa shape index (κ2) is 5.06. The van der Waals surface area contributed by atoms with Crippen LogP contribution >= 0.6 is 0 Å². The Bertz CT molecular complexity index is 420. The lowest BCUT2D eigenvalue weighted by Crippen LogP contribution is -2.52. The zero-order chi connectivity index (χ0) is 13.2. The van der Waals surface area contributed by atoms with E-state index in [0.717, 1.165) is 31.8 Å². The van der Waals surface area contributed by atoms with E-state index in [0.29, 0.717) is 0 Å². The highest BCUT2D eigenvalue weighted by molar-refractivity contribution is 5.90. The standard InChI is InChI=1S/C12H21N5O/c1-8(2)9-14-10(17-16-9)11(18)15-12(3)4-6-13-7-5-12/h8,13H,4-7H2,1-3H3,(H,15,18)(H,14,16,17). The topological polar surface area (TPSA) is 82.7 Å². The highest BCUT2D eigenvalue weighted by atomic mass is 16.2. The first-order chi connectivity index (χ1) is 8.50. The highest BCUT2D eigenvalue weighted by Crippen LogP contribution is 2.17. The van der Waals surface area contributed by atoms with Gasteiger partial charge in [-0.25, -0.2) is 4.98 Å². The molecule has 0 radical (unpaired) electrons. The predicted molar refractivity (Wildman–Crippen MR) is 68.4 cm³/mol. The molecule has 2 heterocycles. The number of rotatable bonds is 3. The second-order valence-electron chi connectivity index (χ2n) is 5.46. The van der Waals surface area contributed by atoms with Crippen LogP contribution in [0, 0.1) is 0 Å². The molecular weight excluding hydrogens is 230 g/mol. The Morgan fingerprint density at radius 2 is 2.06 bits per heavy atom. The Morgan fingerprint density at radius 1 is 1.39 bits per heavy atom. The van der Waals surface area contributed by atoms with Crippen molar-refractivity contribution in [2.75, 3.05) is 13.1 Å². The molecule has 0 aromatic carbocycles. The molecule has 0 spiro atoms. The van der Waals surface area contributed by atoms with E-state index in [9.17, 15) is 4.79 Å². The van der Waals surface area contributed by atoms with Crippen LogP contribution in [0.4, 0.5) is 0 Å². The molecule has 0 unspecified atom stereocenters. The van der Waals surface area contributed by atoms with Gasteiger partial charge in [0, 0.05) is 11.5 Å². The normalized spacial score (nSPS) is 18.9. The first-order valence-corrected chi connectivity index (χ1v) is 6.46. The summed E-state index contributed by atoms with van der Waals surface area (Å²) < 4.78 is 0. The Balaban J connectivity index is 2.02. The number of carbonyl (C=O) groups is 1. The van der Waals surface area contributed by atoms with Gasteiger partial charge in [0.2, 0.25) is 5.82 Å². The van der Waals surface area contributed by atoms with Crippen molar-refractivity contribution in [1.82, 2.24) is 25.8 Å². The number of hydrogen-bond acceptors (Lipinski definition) is 4. The van der Waals surface area contributed by atoms with Crippen molar-refractivity contribution >= 4 is 5.91 Å². The molecule has 6 nitrogen and oxygen atoms in total. The van der Waals surface area contributed by atoms with Crippen molar-refractivity contribution in [1.29, 1.82) is 0 Å². The van der Waals surface area contributed by atoms with E-state index in [1.54, 1.807) is 0 Å². The monoisotopic (exact) mass is 251 g/mol. The summed E-state index contributed by atoms with van der Waals surface area (Å²) in [5.41, 5.74) is -0.152. The van der Waals surface area contributed by atoms with Crippen LogP contribution in [-0.4, -0.2) is 39.7 Å². The number of piperidine rings is 1. The Hall–Kier alpha value is -1.43. The third kappa shape index (κ3) is 2.87. The third-order valence-corrected chi connectivity index (χ3v) is 3.38. The van der Waals surface area contributed by atoms with Crippen LogP contribution in [0.5, 0.6) is 0 Å². The maximum absolute atomic E-state index is 12.1. The fourth-order valence-corrected chi connectivity index (χ4v) is 2.07. The lowest BCUT2D eigenvalue weighted by molar-refractivity contribution is 0.0877. The van der Waals surface area contributed by atoms with Crippen LogP contribution in [0.1, 0.15) is 56.0 Å². The largest absolute Gasteiger partial charge is 0.344 e. The van der Waals surface area contributed by atoms with Gasteiger partial charge < -0.3 is 10.6 Å². The number of carbonyl (C=O) groups excluding carboxylic acids is 1. The van der Waals surface area contributed by atoms with Crippen LogP contribution in [0.15, 0.2) is 0 Å². The summed E-state index contributed by atoms with van der Waals surface area (Å²) in [7, 11) is 0. The first kappa shape index (κ1) is 13.0. The van der Waals surface area contributed by atoms with E-state index in [1.807, 2.05) is 13.8 Å². The molecule has 1 amide bonds. The molecule has 1 aliphatic heterocycles. The van der Waals surface area contributed by atoms with E-state index in [4.69, 9.17) is 0 Å². The fourth-order valence-electron chi connectivity index (χ4n) is 2.07. The summed E-state index contributed by atoms with van der Waals surface area (Å²) in [4.78, 5) is 16.3. The molecule has 1 aliphatic rings. The minimum atomic E-state index is -0.192. The lowest BCUT2D eigenvalue weighted by atomic mass is 9.90. The van der Waals surface area contributed by atoms with Crippen molar-refractivity contribution in [2.45, 2.75) is 45.1 Å². The molecule has 3 N–H and O–H groups in total. The van der Waals surface area contributed by atoms with Crippen LogP contribution in [0.2, 0.25) is 0 Å². The van der Waals surface area contributed by atoms with Gasteiger partial charge in [0.25, 0.3) is 5.91 Å². The minimum absolute atomic E-state index is 0.152. The van der Waals surface area contributed by atoms with Gasteiger partial charge in [0.05, 0.1) is 0 Å². The molecule has 0 bridgehead atoms. The van der Waals surface area contributed by atoms with Crippen molar-refractivity contribution < 1.29 is 4.79 Å². The zero-order valence-electron chi connectivity index (χ0n) is 11.2. The quantitative estimate of drug-likeness (QED) is 0.742. The number of nitrogens with zero attached hydrogens (tertiary/aromatic N) is 2. The van der Waals surface area contributed by atoms with Gasteiger partial charge in [-0.2, -0.15) is 0 Å². The van der Waals surface area contributed by atoms with Crippen molar-refractivity contribution in [3.05, 3.63) is 11.6 Å². The van der Waals surface area contributed by atoms with E-state index in [1.165, 1.54) is 0 Å². The fraction of sp³-hybridized carbons (Fsp3) is 0.750. The van der Waals surface area contributed by atoms with Gasteiger partial charge in [-0.1, -0.05) is 13.8 Å².